The van der Waals surface area contributed by atoms with Crippen LogP contribution in [-0.2, 0) is 11.3 Å². The fourth-order valence-electron chi connectivity index (χ4n) is 4.40. The summed E-state index contributed by atoms with van der Waals surface area (Å²) in [5, 5.41) is 3.02. The molecule has 1 aliphatic carbocycles. The lowest BCUT2D eigenvalue weighted by molar-refractivity contribution is -0.274. The highest BCUT2D eigenvalue weighted by atomic mass is 19.4. The van der Waals surface area contributed by atoms with Gasteiger partial charge in [0.05, 0.1) is 31.5 Å². The third-order valence-electron chi connectivity index (χ3n) is 6.52. The molecule has 0 atom stereocenters. The highest BCUT2D eigenvalue weighted by Gasteiger charge is 2.33. The van der Waals surface area contributed by atoms with Crippen LogP contribution in [0.2, 0.25) is 0 Å². The molecule has 5 rings (SSSR count). The zero-order valence-corrected chi connectivity index (χ0v) is 19.3. The molecule has 3 fully saturated rings. The second-order valence-electron chi connectivity index (χ2n) is 9.30. The quantitative estimate of drug-likeness (QED) is 0.632. The monoisotopic (exact) mass is 491 g/mol. The number of amides is 1. The fourth-order valence-corrected chi connectivity index (χ4v) is 4.40. The van der Waals surface area contributed by atoms with E-state index in [1.54, 1.807) is 0 Å². The topological polar surface area (TPSA) is 79.8 Å². The summed E-state index contributed by atoms with van der Waals surface area (Å²) in [7, 11) is 0. The van der Waals surface area contributed by atoms with Crippen LogP contribution in [-0.4, -0.2) is 71.1 Å². The fraction of sp³-hybridized carbons (Fsp3) is 0.542. The SMILES string of the molecule is O=C(c1cnc(NCc2cc(OC(F)(F)F)cc(C3CC3)c2)nc1)N1CCCCN(C2COC2)C1. The highest BCUT2D eigenvalue weighted by molar-refractivity contribution is 5.93. The first-order valence-electron chi connectivity index (χ1n) is 11.9. The highest BCUT2D eigenvalue weighted by Crippen LogP contribution is 2.42. The molecule has 11 heteroatoms. The first-order valence-corrected chi connectivity index (χ1v) is 11.9. The van der Waals surface area contributed by atoms with Gasteiger partial charge in [-0.3, -0.25) is 9.69 Å². The number of hydrogen-bond acceptors (Lipinski definition) is 7. The zero-order valence-electron chi connectivity index (χ0n) is 19.3. The second-order valence-corrected chi connectivity index (χ2v) is 9.30. The Labute approximate surface area is 201 Å². The number of halogens is 3. The number of anilines is 1. The summed E-state index contributed by atoms with van der Waals surface area (Å²) in [4.78, 5) is 25.7. The van der Waals surface area contributed by atoms with Gasteiger partial charge in [0.15, 0.2) is 0 Å². The van der Waals surface area contributed by atoms with E-state index in [2.05, 4.69) is 24.9 Å². The number of aromatic nitrogens is 2. The van der Waals surface area contributed by atoms with Crippen LogP contribution in [0.5, 0.6) is 5.75 Å². The number of benzene rings is 1. The minimum absolute atomic E-state index is 0.116. The van der Waals surface area contributed by atoms with E-state index in [1.165, 1.54) is 24.5 Å². The Kier molecular flexibility index (Phi) is 6.79. The van der Waals surface area contributed by atoms with Crippen LogP contribution in [0, 0.1) is 0 Å². The number of alkyl halides is 3. The van der Waals surface area contributed by atoms with E-state index in [0.717, 1.165) is 37.8 Å². The minimum Gasteiger partial charge on any atom is -0.406 e. The molecular weight excluding hydrogens is 463 g/mol. The molecule has 8 nitrogen and oxygen atoms in total. The molecule has 2 saturated heterocycles. The number of ether oxygens (including phenoxy) is 2. The predicted molar refractivity (Wildman–Crippen MR) is 121 cm³/mol. The molecule has 0 spiro atoms. The molecule has 1 N–H and O–H groups in total. The molecule has 0 radical (unpaired) electrons. The van der Waals surface area contributed by atoms with Crippen molar-refractivity contribution in [3.8, 4) is 5.75 Å². The molecule has 1 saturated carbocycles. The van der Waals surface area contributed by atoms with Crippen LogP contribution in [0.15, 0.2) is 30.6 Å². The average Bonchev–Trinajstić information content (AvgIpc) is 3.63. The number of hydrogen-bond donors (Lipinski definition) is 1. The van der Waals surface area contributed by atoms with Gasteiger partial charge in [-0.25, -0.2) is 9.97 Å². The van der Waals surface area contributed by atoms with Crippen molar-refractivity contribution in [2.45, 2.75) is 50.6 Å². The number of nitrogens with one attached hydrogen (secondary N) is 1. The van der Waals surface area contributed by atoms with Crippen molar-refractivity contribution in [2.24, 2.45) is 0 Å². The van der Waals surface area contributed by atoms with E-state index in [0.29, 0.717) is 49.5 Å². The number of nitrogens with zero attached hydrogens (tertiary/aromatic N) is 4. The molecule has 2 aliphatic heterocycles. The van der Waals surface area contributed by atoms with Crippen molar-refractivity contribution >= 4 is 11.9 Å². The third kappa shape index (κ3) is 6.21. The number of rotatable bonds is 7. The van der Waals surface area contributed by atoms with Crippen LogP contribution in [0.3, 0.4) is 0 Å². The van der Waals surface area contributed by atoms with Crippen molar-refractivity contribution < 1.29 is 27.4 Å². The van der Waals surface area contributed by atoms with Crippen molar-refractivity contribution in [1.82, 2.24) is 19.8 Å². The first kappa shape index (κ1) is 23.8. The van der Waals surface area contributed by atoms with E-state index >= 15 is 0 Å². The maximum absolute atomic E-state index is 13.0. The Bertz CT molecular complexity index is 1040. The summed E-state index contributed by atoms with van der Waals surface area (Å²) < 4.78 is 47.6. The summed E-state index contributed by atoms with van der Waals surface area (Å²) in [6.45, 7) is 3.84. The van der Waals surface area contributed by atoms with Crippen molar-refractivity contribution in [3.63, 3.8) is 0 Å². The van der Waals surface area contributed by atoms with Crippen LogP contribution >= 0.6 is 0 Å². The lowest BCUT2D eigenvalue weighted by Gasteiger charge is -2.38. The Hall–Kier alpha value is -2.92. The molecule has 1 amide bonds. The largest absolute Gasteiger partial charge is 0.573 e. The summed E-state index contributed by atoms with van der Waals surface area (Å²) in [5.74, 6) is 0.231. The zero-order chi connectivity index (χ0) is 24.4. The van der Waals surface area contributed by atoms with Crippen molar-refractivity contribution in [1.29, 1.82) is 0 Å². The summed E-state index contributed by atoms with van der Waals surface area (Å²) in [6.07, 6.45) is 2.13. The molecule has 188 valence electrons. The van der Waals surface area contributed by atoms with Gasteiger partial charge in [0.1, 0.15) is 5.75 Å². The third-order valence-corrected chi connectivity index (χ3v) is 6.52. The van der Waals surface area contributed by atoms with Gasteiger partial charge in [-0.1, -0.05) is 6.07 Å². The van der Waals surface area contributed by atoms with E-state index in [-0.39, 0.29) is 24.1 Å². The number of carbonyl (C=O) groups excluding carboxylic acids is 1. The first-order chi connectivity index (χ1) is 16.8. The lowest BCUT2D eigenvalue weighted by Crippen LogP contribution is -2.53. The normalized spacial score (nSPS) is 19.7. The van der Waals surface area contributed by atoms with Crippen molar-refractivity contribution in [3.05, 3.63) is 47.3 Å². The molecule has 35 heavy (non-hydrogen) atoms. The van der Waals surface area contributed by atoms with E-state index < -0.39 is 6.36 Å². The smallest absolute Gasteiger partial charge is 0.406 e. The maximum atomic E-state index is 13.0. The van der Waals surface area contributed by atoms with Crippen LogP contribution in [0.1, 0.15) is 53.1 Å². The molecular formula is C24H28F3N5O3. The Balaban J connectivity index is 1.21. The van der Waals surface area contributed by atoms with Gasteiger partial charge in [0.2, 0.25) is 5.95 Å². The molecule has 2 aromatic rings. The minimum atomic E-state index is -4.74. The predicted octanol–water partition coefficient (Wildman–Crippen LogP) is 3.76. The van der Waals surface area contributed by atoms with Gasteiger partial charge in [0.25, 0.3) is 5.91 Å². The van der Waals surface area contributed by atoms with Gasteiger partial charge < -0.3 is 19.7 Å². The van der Waals surface area contributed by atoms with E-state index in [1.807, 2.05) is 11.0 Å². The molecule has 3 heterocycles. The summed E-state index contributed by atoms with van der Waals surface area (Å²) >= 11 is 0. The Morgan fingerprint density at radius 3 is 2.51 bits per heavy atom. The van der Waals surface area contributed by atoms with Crippen LogP contribution < -0.4 is 10.1 Å². The lowest BCUT2D eigenvalue weighted by atomic mass is 10.1. The van der Waals surface area contributed by atoms with Crippen LogP contribution in [0.4, 0.5) is 19.1 Å². The standard InChI is InChI=1S/C24H28F3N5O3/c25-24(26,27)35-21-8-16(7-18(9-21)17-3-4-17)10-28-23-29-11-19(12-30-23)22(33)32-6-2-1-5-31(15-32)20-13-34-14-20/h7-9,11-12,17,20H,1-6,10,13-15H2,(H,28,29,30). The average molecular weight is 492 g/mol. The van der Waals surface area contributed by atoms with Crippen LogP contribution in [0.25, 0.3) is 0 Å². The Morgan fingerprint density at radius 1 is 1.11 bits per heavy atom. The van der Waals surface area contributed by atoms with Gasteiger partial charge in [-0.2, -0.15) is 0 Å². The summed E-state index contributed by atoms with van der Waals surface area (Å²) in [6, 6.07) is 5.06. The van der Waals surface area contributed by atoms with Gasteiger partial charge >= 0.3 is 6.36 Å². The second kappa shape index (κ2) is 9.98. The van der Waals surface area contributed by atoms with Crippen molar-refractivity contribution in [2.75, 3.05) is 38.3 Å². The van der Waals surface area contributed by atoms with E-state index in [4.69, 9.17) is 4.74 Å². The van der Waals surface area contributed by atoms with Gasteiger partial charge in [-0.15, -0.1) is 13.2 Å². The maximum Gasteiger partial charge on any atom is 0.573 e. The molecule has 3 aliphatic rings. The van der Waals surface area contributed by atoms with Gasteiger partial charge in [0, 0.05) is 32.0 Å². The Morgan fingerprint density at radius 2 is 1.86 bits per heavy atom. The number of carbonyl (C=O) groups is 1. The molecule has 1 aromatic heterocycles. The molecule has 0 unspecified atom stereocenters. The molecule has 0 bridgehead atoms. The van der Waals surface area contributed by atoms with E-state index in [9.17, 15) is 18.0 Å². The molecule has 1 aromatic carbocycles. The van der Waals surface area contributed by atoms with Gasteiger partial charge in [-0.05, 0) is 54.9 Å². The summed E-state index contributed by atoms with van der Waals surface area (Å²) in [5.41, 5.74) is 1.88.